The van der Waals surface area contributed by atoms with Gasteiger partial charge in [0.05, 0.1) is 49.0 Å². The average molecular weight is 1380 g/mol. The lowest BCUT2D eigenvalue weighted by Gasteiger charge is -2.11. The molecule has 0 radical (unpaired) electrons. The van der Waals surface area contributed by atoms with Gasteiger partial charge in [-0.1, -0.05) is 18.2 Å². The fraction of sp³-hybridized carbons (Fsp3) is 0.361. The molecule has 520 valence electrons. The van der Waals surface area contributed by atoms with E-state index < -0.39 is 23.8 Å². The Balaban J connectivity index is 0. The normalized spacial score (nSPS) is 11.0. The van der Waals surface area contributed by atoms with E-state index in [9.17, 15) is 38.4 Å². The average Bonchev–Trinajstić information content (AvgIpc) is 0.801. The van der Waals surface area contributed by atoms with Gasteiger partial charge in [0, 0.05) is 79.8 Å². The minimum atomic E-state index is -0.637. The Morgan fingerprint density at radius 1 is 0.421 bits per heavy atom. The van der Waals surface area contributed by atoms with E-state index in [0.29, 0.717) is 11.1 Å². The lowest BCUT2D eigenvalue weighted by Crippen LogP contribution is -2.17. The summed E-state index contributed by atoms with van der Waals surface area (Å²) in [6.45, 7) is 41.0. The molecule has 6 atom stereocenters. The summed E-state index contributed by atoms with van der Waals surface area (Å²) in [5.41, 5.74) is 39.0. The number of fused-ring (bicyclic) bond motifs is 2. The van der Waals surface area contributed by atoms with E-state index >= 15 is 0 Å². The zero-order valence-electron chi connectivity index (χ0n) is 60.1. The smallest absolute Gasteiger partial charge is 0.337 e. The minimum Gasteiger partial charge on any atom is -0.451 e. The lowest BCUT2D eigenvalue weighted by atomic mass is 10.0. The molecule has 0 aliphatic rings. The number of aromatic amines is 2. The van der Waals surface area contributed by atoms with Crippen molar-refractivity contribution in [2.24, 2.45) is 17.6 Å². The van der Waals surface area contributed by atoms with Crippen LogP contribution < -0.4 is 38.7 Å². The van der Waals surface area contributed by atoms with Gasteiger partial charge in [0.1, 0.15) is 23.4 Å². The molecule has 0 fully saturated rings. The SMILES string of the molecule is C/C(Nc1ccc(C)c(C)c1)=C(\C)C(=O)OP.CC(=O)C(C)C(=O)OP.CC(=O)C(C)C(=O)OP.CN.CN/C(C)=C(/C)C(=O)OP.Cc1cc2[nH]c(C)c(C)c(=O)c2cc1C.Cc1cc2[nH]c(C)c(C)c(=O)c2cc1C.Cc1ccc(N)cc1C.Cc1ccc(N)cc1C. The van der Waals surface area contributed by atoms with Crippen LogP contribution in [0.4, 0.5) is 17.1 Å². The van der Waals surface area contributed by atoms with Crippen molar-refractivity contribution in [1.82, 2.24) is 15.3 Å². The molecular weight excluding hydrogens is 1280 g/mol. The molecule has 0 aliphatic carbocycles. The first-order valence-corrected chi connectivity index (χ1v) is 32.0. The second kappa shape index (κ2) is 44.7. The summed E-state index contributed by atoms with van der Waals surface area (Å²) in [7, 11) is 10.7. The van der Waals surface area contributed by atoms with Crippen LogP contribution in [0.25, 0.3) is 21.8 Å². The number of H-pyrrole nitrogens is 2. The molecule has 95 heavy (non-hydrogen) atoms. The van der Waals surface area contributed by atoms with Crippen molar-refractivity contribution >= 4 is 112 Å². The Labute approximate surface area is 572 Å². The van der Waals surface area contributed by atoms with Crippen molar-refractivity contribution < 1.29 is 46.9 Å². The first-order valence-electron chi connectivity index (χ1n) is 30.1. The molecule has 0 bridgehead atoms. The Hall–Kier alpha value is -7.90. The van der Waals surface area contributed by atoms with Gasteiger partial charge in [-0.05, 0) is 276 Å². The number of benzene rings is 5. The number of hydrogen-bond donors (Lipinski definition) is 7. The largest absolute Gasteiger partial charge is 0.451 e. The van der Waals surface area contributed by atoms with Gasteiger partial charge in [-0.2, -0.15) is 0 Å². The molecule has 23 heteroatoms. The maximum Gasteiger partial charge on any atom is 0.337 e. The number of hydrogen-bond acceptors (Lipinski definition) is 17. The number of Topliss-reactive ketones (excluding diaryl/α,β-unsaturated/α-hetero) is 2. The van der Waals surface area contributed by atoms with Crippen molar-refractivity contribution in [2.45, 2.75) is 152 Å². The van der Waals surface area contributed by atoms with Crippen LogP contribution in [0, 0.1) is 109 Å². The van der Waals surface area contributed by atoms with Crippen LogP contribution >= 0.6 is 37.9 Å². The summed E-state index contributed by atoms with van der Waals surface area (Å²) in [6.07, 6.45) is 0. The van der Waals surface area contributed by atoms with Gasteiger partial charge in [-0.3, -0.25) is 28.8 Å². The van der Waals surface area contributed by atoms with E-state index in [1.807, 2.05) is 147 Å². The molecule has 0 spiro atoms. The van der Waals surface area contributed by atoms with Crippen molar-refractivity contribution in [3.05, 3.63) is 200 Å². The van der Waals surface area contributed by atoms with E-state index in [0.717, 1.165) is 83.9 Å². The standard InChI is InChI=1S/C13H18NO2P.2C13H15NO.2C8H11N.C6H12NO2P.2C5H9O3P.CH5N/c1-8-5-6-12(7-9(8)2)14-11(4)10(3)13(15)16-17;2*1-7-5-11-12(6-8(7)2)14-10(4)9(3)13(11)15;2*1-6-3-4-8(9)5-7(6)2;1-4(5(2)7-3)6(8)9-10;2*1-3(4(2)6)5(7)8-9;1-2/h5-7,14H,17H2,1-4H3;2*5-6H,1-4H3,(H,14,15);2*3-5H,9H2,1-2H3;7H,10H2,1-3H3;2*3H,9H2,1-2H3;2H2,1H3/b11-10-;;;;;5-4-;;;. The van der Waals surface area contributed by atoms with Crippen LogP contribution in [0.2, 0.25) is 0 Å². The number of nitrogens with one attached hydrogen (secondary N) is 4. The fourth-order valence-electron chi connectivity index (χ4n) is 7.42. The number of pyridine rings is 2. The second-order valence-electron chi connectivity index (χ2n) is 22.6. The predicted octanol–water partition coefficient (Wildman–Crippen LogP) is 14.1. The van der Waals surface area contributed by atoms with Gasteiger partial charge in [0.15, 0.2) is 10.9 Å². The third-order valence-corrected chi connectivity index (χ3v) is 16.5. The molecule has 5 aromatic carbocycles. The van der Waals surface area contributed by atoms with Crippen LogP contribution in [0.1, 0.15) is 134 Å². The zero-order chi connectivity index (χ0) is 74.1. The molecule has 0 saturated carbocycles. The molecule has 7 aromatic rings. The number of ketones is 2. The van der Waals surface area contributed by atoms with E-state index in [1.165, 1.54) is 79.3 Å². The number of carbonyl (C=O) groups excluding carboxylic acids is 6. The number of rotatable bonds is 9. The maximum atomic E-state index is 12.0. The van der Waals surface area contributed by atoms with Gasteiger partial charge >= 0.3 is 23.9 Å². The number of anilines is 3. The van der Waals surface area contributed by atoms with E-state index in [2.05, 4.69) is 106 Å². The van der Waals surface area contributed by atoms with Crippen LogP contribution in [-0.4, -0.2) is 59.5 Å². The number of aryl methyl sites for hydroxylation is 12. The minimum absolute atomic E-state index is 0.143. The predicted molar refractivity (Wildman–Crippen MR) is 406 cm³/mol. The quantitative estimate of drug-likeness (QED) is 0.0306. The molecule has 2 aromatic heterocycles. The third kappa shape index (κ3) is 30.6. The molecule has 10 N–H and O–H groups in total. The summed E-state index contributed by atoms with van der Waals surface area (Å²) in [6, 6.07) is 26.0. The monoisotopic (exact) mass is 1380 g/mol. The van der Waals surface area contributed by atoms with Crippen LogP contribution in [0.15, 0.2) is 111 Å². The number of nitrogens with two attached hydrogens (primary N) is 3. The van der Waals surface area contributed by atoms with Crippen LogP contribution in [0.3, 0.4) is 0 Å². The zero-order valence-corrected chi connectivity index (χ0v) is 64.7. The molecule has 19 nitrogen and oxygen atoms in total. The second-order valence-corrected chi connectivity index (χ2v) is 23.5. The van der Waals surface area contributed by atoms with Crippen LogP contribution in [-0.2, 0) is 46.9 Å². The number of allylic oxidation sites excluding steroid dienone is 2. The topological polar surface area (TPSA) is 307 Å². The van der Waals surface area contributed by atoms with Gasteiger partial charge in [0.25, 0.3) is 0 Å². The highest BCUT2D eigenvalue weighted by Gasteiger charge is 2.18. The maximum absolute atomic E-state index is 12.0. The Morgan fingerprint density at radius 3 is 0.979 bits per heavy atom. The van der Waals surface area contributed by atoms with Gasteiger partial charge in [-0.25, -0.2) is 9.59 Å². The summed E-state index contributed by atoms with van der Waals surface area (Å²) in [5.74, 6) is -3.31. The van der Waals surface area contributed by atoms with E-state index in [1.54, 1.807) is 39.8 Å². The molecule has 0 aliphatic heterocycles. The third-order valence-electron chi connectivity index (χ3n) is 15.6. The first-order chi connectivity index (χ1) is 44.2. The van der Waals surface area contributed by atoms with Crippen molar-refractivity contribution in [3.63, 3.8) is 0 Å². The van der Waals surface area contributed by atoms with Crippen molar-refractivity contribution in [2.75, 3.05) is 30.9 Å². The molecule has 7 rings (SSSR count). The Bertz CT molecular complexity index is 3770. The Morgan fingerprint density at radius 2 is 0.716 bits per heavy atom. The van der Waals surface area contributed by atoms with Gasteiger partial charge < -0.3 is 55.9 Å². The Kier molecular flexibility index (Phi) is 42.0. The lowest BCUT2D eigenvalue weighted by molar-refractivity contribution is -0.143. The molecule has 2 heterocycles. The van der Waals surface area contributed by atoms with E-state index in [-0.39, 0.29) is 34.4 Å². The highest BCUT2D eigenvalue weighted by atomic mass is 31.0. The van der Waals surface area contributed by atoms with Crippen molar-refractivity contribution in [1.29, 1.82) is 0 Å². The number of carbonyl (C=O) groups is 6. The molecule has 6 unspecified atom stereocenters. The number of aromatic nitrogens is 2. The summed E-state index contributed by atoms with van der Waals surface area (Å²) in [5, 5.41) is 7.63. The molecule has 0 saturated heterocycles. The van der Waals surface area contributed by atoms with E-state index in [4.69, 9.17) is 11.5 Å². The van der Waals surface area contributed by atoms with Crippen LogP contribution in [0.5, 0.6) is 0 Å². The summed E-state index contributed by atoms with van der Waals surface area (Å²) in [4.78, 5) is 94.5. The van der Waals surface area contributed by atoms with Gasteiger partial charge in [0.2, 0.25) is 0 Å². The number of nitrogen functional groups attached to an aromatic ring is 2. The summed E-state index contributed by atoms with van der Waals surface area (Å²) < 4.78 is 17.5. The first kappa shape index (κ1) is 89.2. The molecule has 0 amide bonds. The highest BCUT2D eigenvalue weighted by Crippen LogP contribution is 2.20. The molecular formula is C72H105N7O12P4. The highest BCUT2D eigenvalue weighted by molar-refractivity contribution is 7.11. The van der Waals surface area contributed by atoms with Gasteiger partial charge in [-0.15, -0.1) is 0 Å². The van der Waals surface area contributed by atoms with Crippen molar-refractivity contribution in [3.8, 4) is 0 Å². The fourth-order valence-corrected chi connectivity index (χ4v) is 8.18. The summed E-state index contributed by atoms with van der Waals surface area (Å²) >= 11 is 0.